The van der Waals surface area contributed by atoms with Gasteiger partial charge in [0.05, 0.1) is 11.4 Å². The number of piperazine rings is 1. The second-order valence-corrected chi connectivity index (χ2v) is 9.91. The number of anilines is 2. The molecular weight excluding hydrogens is 482 g/mol. The van der Waals surface area contributed by atoms with Crippen molar-refractivity contribution >= 4 is 41.5 Å². The topological polar surface area (TPSA) is 45.3 Å². The number of benzene rings is 3. The van der Waals surface area contributed by atoms with Crippen LogP contribution in [0.2, 0.25) is 0 Å². The molecule has 182 valence electrons. The van der Waals surface area contributed by atoms with E-state index in [4.69, 9.17) is 9.47 Å². The number of amides is 1. The zero-order valence-electron chi connectivity index (χ0n) is 19.4. The van der Waals surface area contributed by atoms with Gasteiger partial charge in [0.25, 0.3) is 0 Å². The van der Waals surface area contributed by atoms with Crippen molar-refractivity contribution in [2.24, 2.45) is 0 Å². The van der Waals surface area contributed by atoms with Crippen molar-refractivity contribution in [3.8, 4) is 11.5 Å². The highest BCUT2D eigenvalue weighted by Gasteiger charge is 2.28. The van der Waals surface area contributed by atoms with E-state index in [0.29, 0.717) is 13.2 Å². The summed E-state index contributed by atoms with van der Waals surface area (Å²) in [6.07, 6.45) is 0.509. The van der Waals surface area contributed by atoms with Gasteiger partial charge in [0.15, 0.2) is 11.5 Å². The molecule has 1 amide bonds. The average Bonchev–Trinajstić information content (AvgIpc) is 3.34. The van der Waals surface area contributed by atoms with E-state index in [2.05, 4.69) is 34.1 Å². The number of halogens is 1. The summed E-state index contributed by atoms with van der Waals surface area (Å²) in [4.78, 5) is 22.5. The van der Waals surface area contributed by atoms with Gasteiger partial charge in [-0.25, -0.2) is 0 Å². The van der Waals surface area contributed by atoms with Gasteiger partial charge in [0.2, 0.25) is 12.7 Å². The third-order valence-corrected chi connectivity index (χ3v) is 7.76. The quantitative estimate of drug-likeness (QED) is 0.472. The SMILES string of the molecule is Cl.O=C(CCN1CCN(Cc2ccc3c(c2)OCO3)CC1)N1c2ccccc2Sc2ccccc21. The molecule has 35 heavy (non-hydrogen) atoms. The third-order valence-electron chi connectivity index (χ3n) is 6.63. The summed E-state index contributed by atoms with van der Waals surface area (Å²) in [7, 11) is 0. The molecule has 3 aromatic rings. The van der Waals surface area contributed by atoms with Crippen molar-refractivity contribution < 1.29 is 14.3 Å². The van der Waals surface area contributed by atoms with Crippen molar-refractivity contribution in [2.75, 3.05) is 44.4 Å². The number of nitrogens with zero attached hydrogens (tertiary/aromatic N) is 3. The van der Waals surface area contributed by atoms with Crippen LogP contribution in [0, 0.1) is 0 Å². The highest BCUT2D eigenvalue weighted by Crippen LogP contribution is 2.48. The molecule has 0 aliphatic carbocycles. The van der Waals surface area contributed by atoms with E-state index in [1.54, 1.807) is 11.8 Å². The van der Waals surface area contributed by atoms with Crippen molar-refractivity contribution in [3.63, 3.8) is 0 Å². The first-order valence-corrected chi connectivity index (χ1v) is 12.6. The Balaban J connectivity index is 0.00000253. The summed E-state index contributed by atoms with van der Waals surface area (Å²) in [5.74, 6) is 1.83. The van der Waals surface area contributed by atoms with E-state index in [9.17, 15) is 4.79 Å². The third kappa shape index (κ3) is 5.00. The fourth-order valence-corrected chi connectivity index (χ4v) is 5.87. The number of ether oxygens (including phenoxy) is 2. The van der Waals surface area contributed by atoms with E-state index < -0.39 is 0 Å². The zero-order valence-corrected chi connectivity index (χ0v) is 21.0. The van der Waals surface area contributed by atoms with Crippen LogP contribution >= 0.6 is 24.2 Å². The van der Waals surface area contributed by atoms with Crippen LogP contribution in [0.1, 0.15) is 12.0 Å². The summed E-state index contributed by atoms with van der Waals surface area (Å²) in [6, 6.07) is 22.6. The van der Waals surface area contributed by atoms with E-state index in [0.717, 1.165) is 71.9 Å². The van der Waals surface area contributed by atoms with Crippen LogP contribution in [0.25, 0.3) is 0 Å². The normalized spacial score (nSPS) is 16.9. The van der Waals surface area contributed by atoms with Crippen molar-refractivity contribution in [3.05, 3.63) is 72.3 Å². The minimum absolute atomic E-state index is 0. The first-order chi connectivity index (χ1) is 16.7. The molecule has 1 saturated heterocycles. The lowest BCUT2D eigenvalue weighted by Crippen LogP contribution is -2.46. The lowest BCUT2D eigenvalue weighted by molar-refractivity contribution is -0.118. The maximum Gasteiger partial charge on any atom is 0.232 e. The fourth-order valence-electron chi connectivity index (χ4n) is 4.81. The number of rotatable bonds is 5. The zero-order chi connectivity index (χ0) is 22.9. The number of fused-ring (bicyclic) bond motifs is 3. The molecule has 0 radical (unpaired) electrons. The molecule has 0 saturated carbocycles. The van der Waals surface area contributed by atoms with Crippen LogP contribution in [0.3, 0.4) is 0 Å². The summed E-state index contributed by atoms with van der Waals surface area (Å²) < 4.78 is 10.9. The Kier molecular flexibility index (Phi) is 7.20. The van der Waals surface area contributed by atoms with Crippen LogP contribution in [-0.4, -0.2) is 55.2 Å². The van der Waals surface area contributed by atoms with Gasteiger partial charge in [0, 0.05) is 55.5 Å². The molecule has 0 bridgehead atoms. The average molecular weight is 510 g/mol. The van der Waals surface area contributed by atoms with Crippen molar-refractivity contribution in [1.82, 2.24) is 9.80 Å². The Labute approximate surface area is 216 Å². The van der Waals surface area contributed by atoms with E-state index in [-0.39, 0.29) is 18.3 Å². The molecule has 3 heterocycles. The van der Waals surface area contributed by atoms with Gasteiger partial charge in [-0.1, -0.05) is 42.1 Å². The van der Waals surface area contributed by atoms with Gasteiger partial charge in [0.1, 0.15) is 0 Å². The fraction of sp³-hybridized carbons (Fsp3) is 0.296. The van der Waals surface area contributed by atoms with Crippen LogP contribution in [-0.2, 0) is 11.3 Å². The Morgan fingerprint density at radius 1 is 0.800 bits per heavy atom. The highest BCUT2D eigenvalue weighted by atomic mass is 35.5. The molecule has 0 aromatic heterocycles. The summed E-state index contributed by atoms with van der Waals surface area (Å²) in [6.45, 7) is 5.93. The molecular formula is C27H28ClN3O3S. The van der Waals surface area contributed by atoms with Crippen LogP contribution < -0.4 is 14.4 Å². The maximum atomic E-state index is 13.4. The lowest BCUT2D eigenvalue weighted by Gasteiger charge is -2.35. The Bertz CT molecular complexity index is 1170. The number of hydrogen-bond donors (Lipinski definition) is 0. The van der Waals surface area contributed by atoms with Gasteiger partial charge in [-0.05, 0) is 42.0 Å². The standard InChI is InChI=1S/C27H27N3O3S.ClH/c31-27(30-21-5-1-3-7-25(21)34-26-8-4-2-6-22(26)30)11-12-28-13-15-29(16-14-28)18-20-9-10-23-24(17-20)33-19-32-23;/h1-10,17H,11-16,18-19H2;1H. The van der Waals surface area contributed by atoms with Gasteiger partial charge in [-0.2, -0.15) is 0 Å². The van der Waals surface area contributed by atoms with Crippen molar-refractivity contribution in [1.29, 1.82) is 0 Å². The van der Waals surface area contributed by atoms with E-state index in [1.807, 2.05) is 47.4 Å². The molecule has 0 spiro atoms. The number of hydrogen-bond acceptors (Lipinski definition) is 6. The molecule has 0 N–H and O–H groups in total. The van der Waals surface area contributed by atoms with Crippen molar-refractivity contribution in [2.45, 2.75) is 22.8 Å². The smallest absolute Gasteiger partial charge is 0.232 e. The van der Waals surface area contributed by atoms with E-state index >= 15 is 0 Å². The highest BCUT2D eigenvalue weighted by molar-refractivity contribution is 7.99. The van der Waals surface area contributed by atoms with Crippen LogP contribution in [0.15, 0.2) is 76.5 Å². The molecule has 0 atom stereocenters. The van der Waals surface area contributed by atoms with Gasteiger partial charge >= 0.3 is 0 Å². The number of carbonyl (C=O) groups excluding carboxylic acids is 1. The van der Waals surface area contributed by atoms with Crippen LogP contribution in [0.5, 0.6) is 11.5 Å². The van der Waals surface area contributed by atoms with Gasteiger partial charge in [-0.15, -0.1) is 12.4 Å². The monoisotopic (exact) mass is 509 g/mol. The first kappa shape index (κ1) is 24.0. The molecule has 6 nitrogen and oxygen atoms in total. The minimum Gasteiger partial charge on any atom is -0.454 e. The Hall–Kier alpha value is -2.71. The van der Waals surface area contributed by atoms with Gasteiger partial charge < -0.3 is 14.4 Å². The molecule has 3 aliphatic heterocycles. The number of para-hydroxylation sites is 2. The molecule has 3 aromatic carbocycles. The second-order valence-electron chi connectivity index (χ2n) is 8.82. The summed E-state index contributed by atoms with van der Waals surface area (Å²) in [5.41, 5.74) is 3.22. The maximum absolute atomic E-state index is 13.4. The Morgan fingerprint density at radius 2 is 1.43 bits per heavy atom. The molecule has 6 rings (SSSR count). The predicted molar refractivity (Wildman–Crippen MR) is 140 cm³/mol. The van der Waals surface area contributed by atoms with Crippen LogP contribution in [0.4, 0.5) is 11.4 Å². The molecule has 8 heteroatoms. The largest absolute Gasteiger partial charge is 0.454 e. The first-order valence-electron chi connectivity index (χ1n) is 11.8. The molecule has 1 fully saturated rings. The van der Waals surface area contributed by atoms with Gasteiger partial charge in [-0.3, -0.25) is 14.6 Å². The van der Waals surface area contributed by atoms with E-state index in [1.165, 1.54) is 5.56 Å². The number of carbonyl (C=O) groups is 1. The summed E-state index contributed by atoms with van der Waals surface area (Å²) in [5, 5.41) is 0. The molecule has 3 aliphatic rings. The second kappa shape index (κ2) is 10.5. The minimum atomic E-state index is 0. The Morgan fingerprint density at radius 3 is 2.14 bits per heavy atom. The predicted octanol–water partition coefficient (Wildman–Crippen LogP) is 5.17. The lowest BCUT2D eigenvalue weighted by atomic mass is 10.1. The summed E-state index contributed by atoms with van der Waals surface area (Å²) >= 11 is 1.73. The molecule has 0 unspecified atom stereocenters.